The van der Waals surface area contributed by atoms with Crippen molar-refractivity contribution in [3.8, 4) is 44.5 Å². The van der Waals surface area contributed by atoms with Gasteiger partial charge in [-0.05, 0) is 114 Å². The van der Waals surface area contributed by atoms with Crippen molar-refractivity contribution in [1.29, 1.82) is 0 Å². The summed E-state index contributed by atoms with van der Waals surface area (Å²) < 4.78 is 91.4. The molecule has 0 saturated heterocycles. The summed E-state index contributed by atoms with van der Waals surface area (Å²) in [5, 5.41) is 8.52. The minimum absolute atomic E-state index is 0.155. The lowest BCUT2D eigenvalue weighted by Crippen LogP contribution is -2.23. The molecule has 13 aromatic rings. The summed E-state index contributed by atoms with van der Waals surface area (Å²) in [4.78, 5) is 0. The Morgan fingerprint density at radius 3 is 1.25 bits per heavy atom. The van der Waals surface area contributed by atoms with Crippen molar-refractivity contribution in [2.24, 2.45) is 0 Å². The maximum atomic E-state index is 14.9. The Morgan fingerprint density at radius 2 is 0.759 bits per heavy atom. The molecule has 4 aromatic heterocycles. The van der Waals surface area contributed by atoms with Crippen LogP contribution in [0.3, 0.4) is 0 Å². The maximum absolute atomic E-state index is 14.9. The highest BCUT2D eigenvalue weighted by Crippen LogP contribution is 2.56. The molecular weight excluding hydrogens is 995 g/mol. The highest BCUT2D eigenvalue weighted by atomic mass is 19.4. The zero-order valence-electron chi connectivity index (χ0n) is 46.1. The number of fused-ring (bicyclic) bond motifs is 16. The molecule has 0 aliphatic carbocycles. The van der Waals surface area contributed by atoms with Crippen molar-refractivity contribution in [1.82, 2.24) is 8.80 Å². The molecule has 0 spiro atoms. The van der Waals surface area contributed by atoms with Crippen LogP contribution in [0.15, 0.2) is 152 Å². The summed E-state index contributed by atoms with van der Waals surface area (Å²) in [5.41, 5.74) is 15.5. The molecule has 8 heteroatoms. The summed E-state index contributed by atoms with van der Waals surface area (Å²) in [6.45, 7) is 24.1. The second kappa shape index (κ2) is 15.7. The van der Waals surface area contributed by atoms with Gasteiger partial charge in [0.25, 0.3) is 0 Å². The van der Waals surface area contributed by atoms with Crippen LogP contribution < -0.4 is 0 Å². The SMILES string of the molecule is CC(C)(C)c1cc(-c2cccc3c4c5c6ccc7cc6n6c8c(cccc8c(c8c9ccc(-c%10ccc(C(F)(F)F)cc%10)cc9n(c23)c84)c56)-c2cc(C(C)(C)C)cc(c2)C(C)(C)c2cc(C(F)(F)F)ccc2-7)cc(C(C)(C)C)c1. The molecule has 2 nitrogen and oxygen atoms in total. The van der Waals surface area contributed by atoms with Crippen LogP contribution in [0.25, 0.3) is 121 Å². The van der Waals surface area contributed by atoms with Gasteiger partial charge in [-0.2, -0.15) is 26.3 Å². The fourth-order valence-corrected chi connectivity index (χ4v) is 13.3. The Balaban J connectivity index is 1.21. The molecular formula is C71H58F6N2. The van der Waals surface area contributed by atoms with Gasteiger partial charge < -0.3 is 8.80 Å². The second-order valence-corrected chi connectivity index (χ2v) is 26.0. The lowest BCUT2D eigenvalue weighted by Gasteiger charge is -2.32. The van der Waals surface area contributed by atoms with Gasteiger partial charge in [0.2, 0.25) is 0 Å². The van der Waals surface area contributed by atoms with Crippen molar-refractivity contribution in [2.45, 2.75) is 110 Å². The van der Waals surface area contributed by atoms with E-state index in [2.05, 4.69) is 174 Å². The molecule has 0 amide bonds. The average Bonchev–Trinajstić information content (AvgIpc) is 1.76. The lowest BCUT2D eigenvalue weighted by atomic mass is 9.72. The van der Waals surface area contributed by atoms with E-state index in [1.54, 1.807) is 18.2 Å². The predicted octanol–water partition coefficient (Wildman–Crippen LogP) is 21.2. The van der Waals surface area contributed by atoms with E-state index >= 15 is 0 Å². The van der Waals surface area contributed by atoms with Crippen LogP contribution >= 0.6 is 0 Å². The molecule has 0 fully saturated rings. The highest BCUT2D eigenvalue weighted by molar-refractivity contribution is 6.46. The van der Waals surface area contributed by atoms with Crippen LogP contribution in [-0.4, -0.2) is 8.80 Å². The first-order valence-corrected chi connectivity index (χ1v) is 27.2. The third-order valence-electron chi connectivity index (χ3n) is 17.7. The van der Waals surface area contributed by atoms with Crippen molar-refractivity contribution >= 4 is 76.2 Å². The molecule has 0 atom stereocenters. The molecule has 1 aliphatic heterocycles. The minimum Gasteiger partial charge on any atom is -0.307 e. The smallest absolute Gasteiger partial charge is 0.307 e. The quantitative estimate of drug-likeness (QED) is 0.153. The van der Waals surface area contributed by atoms with E-state index in [4.69, 9.17) is 0 Å². The third kappa shape index (κ3) is 7.04. The van der Waals surface area contributed by atoms with Crippen LogP contribution in [0.5, 0.6) is 0 Å². The van der Waals surface area contributed by atoms with Gasteiger partial charge in [-0.3, -0.25) is 0 Å². The molecule has 79 heavy (non-hydrogen) atoms. The van der Waals surface area contributed by atoms with Crippen molar-refractivity contribution in [3.05, 3.63) is 191 Å². The van der Waals surface area contributed by atoms with Gasteiger partial charge in [0.15, 0.2) is 0 Å². The van der Waals surface area contributed by atoms with Gasteiger partial charge in [0, 0.05) is 59.6 Å². The first-order chi connectivity index (χ1) is 37.1. The van der Waals surface area contributed by atoms with Crippen LogP contribution in [0.2, 0.25) is 0 Å². The normalized spacial score (nSPS) is 14.5. The lowest BCUT2D eigenvalue weighted by molar-refractivity contribution is -0.138. The van der Waals surface area contributed by atoms with Gasteiger partial charge >= 0.3 is 12.4 Å². The number of hydrogen-bond donors (Lipinski definition) is 0. The van der Waals surface area contributed by atoms with Crippen molar-refractivity contribution < 1.29 is 26.3 Å². The molecule has 1 aliphatic rings. The number of rotatable bonds is 2. The summed E-state index contributed by atoms with van der Waals surface area (Å²) in [6, 6.07) is 49.3. The number of para-hydroxylation sites is 2. The molecule has 0 saturated carbocycles. The Labute approximate surface area is 454 Å². The van der Waals surface area contributed by atoms with Gasteiger partial charge in [-0.25, -0.2) is 0 Å². The number of halogens is 6. The number of nitrogens with zero attached hydrogens (tertiary/aromatic N) is 2. The highest BCUT2D eigenvalue weighted by Gasteiger charge is 2.38. The average molecular weight is 1050 g/mol. The first-order valence-electron chi connectivity index (χ1n) is 27.2. The monoisotopic (exact) mass is 1050 g/mol. The van der Waals surface area contributed by atoms with Crippen LogP contribution in [0.4, 0.5) is 26.3 Å². The van der Waals surface area contributed by atoms with E-state index in [1.165, 1.54) is 23.3 Å². The number of hydrogen-bond acceptors (Lipinski definition) is 0. The van der Waals surface area contributed by atoms with E-state index in [-0.39, 0.29) is 16.2 Å². The van der Waals surface area contributed by atoms with Gasteiger partial charge in [-0.15, -0.1) is 0 Å². The largest absolute Gasteiger partial charge is 0.416 e. The Morgan fingerprint density at radius 1 is 0.329 bits per heavy atom. The Hall–Kier alpha value is -7.84. The molecule has 14 rings (SSSR count). The van der Waals surface area contributed by atoms with E-state index < -0.39 is 28.9 Å². The number of alkyl halides is 6. The summed E-state index contributed by atoms with van der Waals surface area (Å²) in [6.07, 6.45) is -9.02. The maximum Gasteiger partial charge on any atom is 0.416 e. The predicted molar refractivity (Wildman–Crippen MR) is 316 cm³/mol. The summed E-state index contributed by atoms with van der Waals surface area (Å²) in [5.74, 6) is 0. The molecule has 4 bridgehead atoms. The zero-order valence-corrected chi connectivity index (χ0v) is 46.1. The van der Waals surface area contributed by atoms with E-state index in [0.717, 1.165) is 138 Å². The van der Waals surface area contributed by atoms with Crippen LogP contribution in [-0.2, 0) is 34.0 Å². The van der Waals surface area contributed by atoms with Gasteiger partial charge in [0.05, 0.1) is 44.2 Å². The topological polar surface area (TPSA) is 8.82 Å². The number of aromatic nitrogens is 2. The molecule has 394 valence electrons. The zero-order chi connectivity index (χ0) is 55.6. The Bertz CT molecular complexity index is 4710. The van der Waals surface area contributed by atoms with Crippen LogP contribution in [0.1, 0.15) is 115 Å². The van der Waals surface area contributed by atoms with Crippen molar-refractivity contribution in [2.75, 3.05) is 0 Å². The van der Waals surface area contributed by atoms with E-state index in [9.17, 15) is 26.3 Å². The Kier molecular flexibility index (Phi) is 9.83. The number of benzene rings is 9. The minimum atomic E-state index is -4.55. The molecule has 9 aromatic carbocycles. The molecule has 0 N–H and O–H groups in total. The third-order valence-corrected chi connectivity index (χ3v) is 17.7. The van der Waals surface area contributed by atoms with E-state index in [0.29, 0.717) is 11.1 Å². The molecule has 0 unspecified atom stereocenters. The summed E-state index contributed by atoms with van der Waals surface area (Å²) >= 11 is 0. The summed E-state index contributed by atoms with van der Waals surface area (Å²) in [7, 11) is 0. The second-order valence-electron chi connectivity index (χ2n) is 26.0. The van der Waals surface area contributed by atoms with Crippen molar-refractivity contribution in [3.63, 3.8) is 0 Å². The standard InChI is InChI=1S/C71H58F6N2/c1-66(2,3)44-28-40(29-45(34-44)67(4,5)6)49-14-12-16-53-61-59-52-26-21-39-33-57(52)79-63-50(41-30-46(68(7,8)9)35-47(31-41)69(10,11)55-36-43(71(75,76)77)24-27-48(39)55)15-13-17-54(63)60(65(59)79)58-51-25-20-38(32-56(51)78(62(49)53)64(58)61)37-18-22-42(23-19-37)70(72,73)74/h12-36H,1-11H3. The fraction of sp³-hybridized carbons (Fsp3) is 0.239. The molecule has 5 heterocycles. The fourth-order valence-electron chi connectivity index (χ4n) is 13.3. The van der Waals surface area contributed by atoms with Gasteiger partial charge in [-0.1, -0.05) is 191 Å². The molecule has 0 radical (unpaired) electrons. The van der Waals surface area contributed by atoms with E-state index in [1.807, 2.05) is 19.9 Å². The van der Waals surface area contributed by atoms with Gasteiger partial charge in [0.1, 0.15) is 0 Å². The van der Waals surface area contributed by atoms with Crippen LogP contribution in [0, 0.1) is 0 Å². The first kappa shape index (κ1) is 49.5.